The molecule has 1 saturated heterocycles. The zero-order valence-corrected chi connectivity index (χ0v) is 33.9. The number of hydrogen-bond acceptors (Lipinski definition) is 13. The summed E-state index contributed by atoms with van der Waals surface area (Å²) in [6.45, 7) is 4.38. The predicted octanol–water partition coefficient (Wildman–Crippen LogP) is 6.29. The SMILES string of the molecule is CC(C)(C)C(=O)OCOC(=O)C1=C(/C=C/c2cccnc2)CS[C@H]2[C@H](NC(=O)C(=NOC(c3ccccc3)(c3ccccc3)c3ccccc3)c3csc(N)n3)C(=O)N12. The molecular weight excluding hydrogens is 789 g/mol. The highest BCUT2D eigenvalue weighted by Gasteiger charge is 2.54. The highest BCUT2D eigenvalue weighted by Crippen LogP contribution is 2.43. The van der Waals surface area contributed by atoms with Gasteiger partial charge >= 0.3 is 11.9 Å². The Kier molecular flexibility index (Phi) is 12.0. The van der Waals surface area contributed by atoms with Crippen LogP contribution in [0.25, 0.3) is 6.08 Å². The summed E-state index contributed by atoms with van der Waals surface area (Å²) in [6, 6.07) is 31.1. The number of thioether (sulfide) groups is 1. The third-order valence-corrected chi connectivity index (χ3v) is 11.4. The summed E-state index contributed by atoms with van der Waals surface area (Å²) in [7, 11) is 0. The lowest BCUT2D eigenvalue weighted by Gasteiger charge is -2.49. The molecule has 5 aromatic rings. The number of fused-ring (bicyclic) bond motifs is 1. The maximum absolute atomic E-state index is 14.4. The van der Waals surface area contributed by atoms with E-state index >= 15 is 0 Å². The molecule has 3 N–H and O–H groups in total. The Bertz CT molecular complexity index is 2320. The highest BCUT2D eigenvalue weighted by atomic mass is 32.2. The van der Waals surface area contributed by atoms with E-state index in [0.717, 1.165) is 33.6 Å². The van der Waals surface area contributed by atoms with E-state index < -0.39 is 53.0 Å². The van der Waals surface area contributed by atoms with Crippen molar-refractivity contribution < 1.29 is 33.5 Å². The fraction of sp³-hybridized carbons (Fsp3) is 0.205. The first kappa shape index (κ1) is 40.6. The van der Waals surface area contributed by atoms with E-state index in [1.54, 1.807) is 56.8 Å². The van der Waals surface area contributed by atoms with Crippen molar-refractivity contribution in [2.45, 2.75) is 37.8 Å². The lowest BCUT2D eigenvalue weighted by atomic mass is 9.80. The molecule has 0 unspecified atom stereocenters. The topological polar surface area (TPSA) is 175 Å². The molecule has 15 heteroatoms. The summed E-state index contributed by atoms with van der Waals surface area (Å²) in [5.74, 6) is -2.46. The Morgan fingerprint density at radius 3 is 2.07 bits per heavy atom. The maximum atomic E-state index is 14.4. The number of rotatable bonds is 13. The fourth-order valence-electron chi connectivity index (χ4n) is 6.45. The summed E-state index contributed by atoms with van der Waals surface area (Å²) < 4.78 is 10.6. The monoisotopic (exact) mass is 828 g/mol. The van der Waals surface area contributed by atoms with Gasteiger partial charge in [0.15, 0.2) is 10.8 Å². The average Bonchev–Trinajstić information content (AvgIpc) is 3.69. The van der Waals surface area contributed by atoms with Crippen molar-refractivity contribution >= 4 is 63.8 Å². The molecule has 0 spiro atoms. The largest absolute Gasteiger partial charge is 0.427 e. The van der Waals surface area contributed by atoms with E-state index in [4.69, 9.17) is 20.0 Å². The first-order valence-corrected chi connectivity index (χ1v) is 20.5. The smallest absolute Gasteiger partial charge is 0.358 e. The molecule has 300 valence electrons. The normalized spacial score (nSPS) is 16.9. The van der Waals surface area contributed by atoms with Gasteiger partial charge in [-0.3, -0.25) is 24.3 Å². The Morgan fingerprint density at radius 1 is 0.898 bits per heavy atom. The Hall–Kier alpha value is -6.58. The van der Waals surface area contributed by atoms with Gasteiger partial charge in [0.1, 0.15) is 22.8 Å². The van der Waals surface area contributed by atoms with Crippen molar-refractivity contribution in [2.24, 2.45) is 10.6 Å². The number of nitrogens with two attached hydrogens (primary N) is 1. The summed E-state index contributed by atoms with van der Waals surface area (Å²) in [5.41, 5.74) is 7.30. The molecule has 2 aromatic heterocycles. The van der Waals surface area contributed by atoms with Crippen molar-refractivity contribution in [3.63, 3.8) is 0 Å². The number of hydrogen-bond donors (Lipinski definition) is 2. The van der Waals surface area contributed by atoms with Crippen LogP contribution in [0.2, 0.25) is 0 Å². The van der Waals surface area contributed by atoms with Gasteiger partial charge in [0.25, 0.3) is 11.8 Å². The van der Waals surface area contributed by atoms with Crippen molar-refractivity contribution in [2.75, 3.05) is 18.3 Å². The molecule has 13 nitrogen and oxygen atoms in total. The zero-order valence-electron chi connectivity index (χ0n) is 32.3. The Balaban J connectivity index is 1.20. The van der Waals surface area contributed by atoms with Gasteiger partial charge in [-0.25, -0.2) is 9.78 Å². The van der Waals surface area contributed by atoms with Crippen LogP contribution in [0.1, 0.15) is 48.7 Å². The minimum Gasteiger partial charge on any atom is -0.427 e. The minimum absolute atomic E-state index is 0.0286. The summed E-state index contributed by atoms with van der Waals surface area (Å²) in [6.07, 6.45) is 6.78. The number of β-lactam (4-membered cyclic amide) rings is 1. The molecular formula is C44H40N6O7S2. The van der Waals surface area contributed by atoms with E-state index in [1.807, 2.05) is 97.1 Å². The molecule has 2 atom stereocenters. The van der Waals surface area contributed by atoms with Gasteiger partial charge < -0.3 is 25.4 Å². The Morgan fingerprint density at radius 2 is 1.53 bits per heavy atom. The fourth-order valence-corrected chi connectivity index (χ4v) is 8.32. The number of nitrogens with zero attached hydrogens (tertiary/aromatic N) is 4. The van der Waals surface area contributed by atoms with Crippen molar-refractivity contribution in [3.05, 3.63) is 166 Å². The summed E-state index contributed by atoms with van der Waals surface area (Å²) >= 11 is 2.47. The highest BCUT2D eigenvalue weighted by molar-refractivity contribution is 8.00. The molecule has 7 rings (SSSR count). The summed E-state index contributed by atoms with van der Waals surface area (Å²) in [4.78, 5) is 70.9. The van der Waals surface area contributed by atoms with Gasteiger partial charge in [-0.2, -0.15) is 0 Å². The number of oxime groups is 1. The van der Waals surface area contributed by atoms with Crippen molar-refractivity contribution in [1.29, 1.82) is 0 Å². The lowest BCUT2D eigenvalue weighted by molar-refractivity contribution is -0.173. The first-order valence-electron chi connectivity index (χ1n) is 18.5. The number of amides is 2. The second kappa shape index (κ2) is 17.5. The van der Waals surface area contributed by atoms with Crippen LogP contribution in [0.4, 0.5) is 5.13 Å². The molecule has 0 aliphatic carbocycles. The molecule has 2 aliphatic heterocycles. The second-order valence-corrected chi connectivity index (χ2v) is 16.5. The number of nitrogens with one attached hydrogen (secondary N) is 1. The van der Waals surface area contributed by atoms with Crippen molar-refractivity contribution in [3.8, 4) is 0 Å². The van der Waals surface area contributed by atoms with E-state index in [2.05, 4.69) is 20.4 Å². The zero-order chi connectivity index (χ0) is 41.6. The number of ether oxygens (including phenoxy) is 2. The van der Waals surface area contributed by atoms with E-state index in [0.29, 0.717) is 5.57 Å². The molecule has 1 fully saturated rings. The number of esters is 2. The predicted molar refractivity (Wildman–Crippen MR) is 225 cm³/mol. The average molecular weight is 829 g/mol. The van der Waals surface area contributed by atoms with E-state index in [9.17, 15) is 19.2 Å². The van der Waals surface area contributed by atoms with Crippen LogP contribution < -0.4 is 11.1 Å². The standard InChI is InChI=1S/C44H40N6O7S2/c1-43(2,3)41(54)56-27-55-40(53)36-29(22-21-28-14-13-23-46-24-28)25-58-39-35(38(52)50(36)39)48-37(51)34(33-26-59-42(45)47-33)49-57-44(30-15-7-4-8-16-30,31-17-9-5-10-18-31)32-19-11-6-12-20-32/h4-24,26,35,39H,25,27H2,1-3H3,(H2,45,47)(H,48,51)/b22-21+,49-34?/t35-,39+/m1/s1. The quantitative estimate of drug-likeness (QED) is 0.0341. The van der Waals surface area contributed by atoms with Gasteiger partial charge in [-0.1, -0.05) is 114 Å². The molecule has 0 radical (unpaired) electrons. The molecule has 2 aliphatic rings. The minimum atomic E-state index is -1.32. The number of aromatic nitrogens is 2. The number of carbonyl (C=O) groups is 4. The van der Waals surface area contributed by atoms with Crippen LogP contribution in [0.3, 0.4) is 0 Å². The number of thiazole rings is 1. The molecule has 2 amide bonds. The van der Waals surface area contributed by atoms with Crippen LogP contribution >= 0.6 is 23.1 Å². The number of carbonyl (C=O) groups excluding carboxylic acids is 4. The van der Waals surface area contributed by atoms with Gasteiger partial charge in [0.05, 0.1) is 5.41 Å². The van der Waals surface area contributed by atoms with Crippen LogP contribution in [-0.4, -0.2) is 68.3 Å². The first-order chi connectivity index (χ1) is 28.5. The lowest BCUT2D eigenvalue weighted by Crippen LogP contribution is -2.71. The third kappa shape index (κ3) is 8.66. The van der Waals surface area contributed by atoms with Crippen LogP contribution in [0.5, 0.6) is 0 Å². The van der Waals surface area contributed by atoms with Crippen LogP contribution in [0.15, 0.2) is 143 Å². The van der Waals surface area contributed by atoms with E-state index in [1.165, 1.54) is 16.7 Å². The van der Waals surface area contributed by atoms with Gasteiger partial charge in [-0.15, -0.1) is 23.1 Å². The Labute approximate surface area is 349 Å². The summed E-state index contributed by atoms with van der Waals surface area (Å²) in [5, 5.41) is 8.46. The number of nitrogen functional groups attached to an aromatic ring is 1. The molecule has 0 bridgehead atoms. The van der Waals surface area contributed by atoms with Gasteiger partial charge in [-0.05, 0) is 38.0 Å². The van der Waals surface area contributed by atoms with Crippen LogP contribution in [0, 0.1) is 5.41 Å². The van der Waals surface area contributed by atoms with Crippen molar-refractivity contribution in [1.82, 2.24) is 20.2 Å². The van der Waals surface area contributed by atoms with Gasteiger partial charge in [0.2, 0.25) is 12.4 Å². The molecule has 59 heavy (non-hydrogen) atoms. The molecule has 3 aromatic carbocycles. The third-order valence-electron chi connectivity index (χ3n) is 9.43. The number of anilines is 1. The van der Waals surface area contributed by atoms with E-state index in [-0.39, 0.29) is 28.0 Å². The number of pyridine rings is 1. The number of allylic oxidation sites excluding steroid dienone is 1. The van der Waals surface area contributed by atoms with Gasteiger partial charge in [0, 0.05) is 40.2 Å². The van der Waals surface area contributed by atoms with Crippen LogP contribution in [-0.2, 0) is 39.1 Å². The molecule has 4 heterocycles. The second-order valence-electron chi connectivity index (χ2n) is 14.5. The maximum Gasteiger partial charge on any atom is 0.358 e. The molecule has 0 saturated carbocycles. The number of benzene rings is 3.